The highest BCUT2D eigenvalue weighted by molar-refractivity contribution is 5.98. The van der Waals surface area contributed by atoms with Gasteiger partial charge in [0.05, 0.1) is 11.3 Å². The first-order chi connectivity index (χ1) is 16.8. The van der Waals surface area contributed by atoms with Gasteiger partial charge in [-0.05, 0) is 37.3 Å². The van der Waals surface area contributed by atoms with Crippen molar-refractivity contribution < 1.29 is 33.7 Å². The molecule has 2 unspecified atom stereocenters. The lowest BCUT2D eigenvalue weighted by molar-refractivity contribution is -0.150. The number of carboxylic acid groups (broad SMARTS) is 1. The first kappa shape index (κ1) is 26.6. The number of carboxylic acids is 1. The predicted molar refractivity (Wildman–Crippen MR) is 130 cm³/mol. The Balaban J connectivity index is 2.00. The molecule has 0 heterocycles. The molecule has 2 aromatic carbocycles. The lowest BCUT2D eigenvalue weighted by Gasteiger charge is -2.33. The van der Waals surface area contributed by atoms with Gasteiger partial charge in [0.15, 0.2) is 18.7 Å². The van der Waals surface area contributed by atoms with E-state index in [4.69, 9.17) is 14.2 Å². The van der Waals surface area contributed by atoms with Gasteiger partial charge in [-0.1, -0.05) is 68.3 Å². The summed E-state index contributed by atoms with van der Waals surface area (Å²) in [6, 6.07) is 14.3. The number of benzene rings is 2. The summed E-state index contributed by atoms with van der Waals surface area (Å²) in [7, 11) is 1.53. The second kappa shape index (κ2) is 12.1. The smallest absolute Gasteiger partial charge is 0.317 e. The van der Waals surface area contributed by atoms with Crippen LogP contribution in [0.15, 0.2) is 48.5 Å². The van der Waals surface area contributed by atoms with Crippen molar-refractivity contribution in [3.05, 3.63) is 70.8 Å². The third-order valence-corrected chi connectivity index (χ3v) is 6.71. The predicted octanol–water partition coefficient (Wildman–Crippen LogP) is 4.87. The van der Waals surface area contributed by atoms with E-state index in [1.807, 2.05) is 31.2 Å². The lowest BCUT2D eigenvalue weighted by atomic mass is 9.74. The van der Waals surface area contributed by atoms with Crippen LogP contribution in [0.25, 0.3) is 0 Å². The number of hydrogen-bond acceptors (Lipinski definition) is 6. The number of ether oxygens (including phenoxy) is 3. The van der Waals surface area contributed by atoms with E-state index < -0.39 is 29.6 Å². The van der Waals surface area contributed by atoms with Crippen molar-refractivity contribution in [2.75, 3.05) is 20.3 Å². The molecule has 1 fully saturated rings. The minimum atomic E-state index is -0.956. The molecule has 0 saturated heterocycles. The highest BCUT2D eigenvalue weighted by Crippen LogP contribution is 2.46. The molecule has 1 saturated carbocycles. The van der Waals surface area contributed by atoms with Gasteiger partial charge in [-0.2, -0.15) is 0 Å². The minimum absolute atomic E-state index is 0.263. The topological polar surface area (TPSA) is 99.1 Å². The molecular weight excluding hydrogens is 448 g/mol. The van der Waals surface area contributed by atoms with Gasteiger partial charge in [0.25, 0.3) is 0 Å². The van der Waals surface area contributed by atoms with Crippen LogP contribution in [0.5, 0.6) is 0 Å². The van der Waals surface area contributed by atoms with Gasteiger partial charge in [0.2, 0.25) is 0 Å². The molecule has 188 valence electrons. The normalized spacial score (nSPS) is 16.4. The maximum absolute atomic E-state index is 13.6. The van der Waals surface area contributed by atoms with Gasteiger partial charge in [0, 0.05) is 24.8 Å². The van der Waals surface area contributed by atoms with Crippen molar-refractivity contribution >= 4 is 17.7 Å². The Labute approximate surface area is 206 Å². The summed E-state index contributed by atoms with van der Waals surface area (Å²) in [5, 5.41) is 9.50. The summed E-state index contributed by atoms with van der Waals surface area (Å²) >= 11 is 0. The van der Waals surface area contributed by atoms with Crippen LogP contribution < -0.4 is 0 Å². The lowest BCUT2D eigenvalue weighted by Crippen LogP contribution is -2.37. The van der Waals surface area contributed by atoms with Gasteiger partial charge in [0.1, 0.15) is 0 Å². The maximum atomic E-state index is 13.6. The molecule has 0 spiro atoms. The van der Waals surface area contributed by atoms with Crippen molar-refractivity contribution in [1.82, 2.24) is 0 Å². The molecule has 1 aliphatic rings. The minimum Gasteiger partial charge on any atom is -0.481 e. The molecule has 3 rings (SSSR count). The van der Waals surface area contributed by atoms with E-state index in [1.54, 1.807) is 31.2 Å². The van der Waals surface area contributed by atoms with Crippen LogP contribution in [-0.4, -0.2) is 43.2 Å². The van der Waals surface area contributed by atoms with Gasteiger partial charge in [-0.3, -0.25) is 14.4 Å². The number of Topliss-reactive ketones (excluding diaryl/α,β-unsaturated/α-hetero) is 1. The molecule has 0 amide bonds. The van der Waals surface area contributed by atoms with Gasteiger partial charge in [-0.25, -0.2) is 0 Å². The van der Waals surface area contributed by atoms with Crippen molar-refractivity contribution in [3.8, 4) is 0 Å². The highest BCUT2D eigenvalue weighted by Gasteiger charge is 2.47. The van der Waals surface area contributed by atoms with Crippen molar-refractivity contribution in [3.63, 3.8) is 0 Å². The molecule has 35 heavy (non-hydrogen) atoms. The summed E-state index contributed by atoms with van der Waals surface area (Å²) in [6.45, 7) is 3.54. The Morgan fingerprint density at radius 3 is 2.31 bits per heavy atom. The zero-order valence-corrected chi connectivity index (χ0v) is 20.6. The number of aliphatic carboxylic acids is 1. The summed E-state index contributed by atoms with van der Waals surface area (Å²) in [4.78, 5) is 37.8. The molecule has 7 nitrogen and oxygen atoms in total. The van der Waals surface area contributed by atoms with Crippen LogP contribution in [0.4, 0.5) is 0 Å². The Hall–Kier alpha value is -3.03. The molecule has 1 N–H and O–H groups in total. The van der Waals surface area contributed by atoms with Gasteiger partial charge < -0.3 is 19.3 Å². The van der Waals surface area contributed by atoms with Crippen molar-refractivity contribution in [2.45, 2.75) is 57.7 Å². The fourth-order valence-corrected chi connectivity index (χ4v) is 4.86. The summed E-state index contributed by atoms with van der Waals surface area (Å²) in [5.74, 6) is -2.24. The molecule has 0 aliphatic heterocycles. The van der Waals surface area contributed by atoms with E-state index in [0.717, 1.165) is 24.0 Å². The van der Waals surface area contributed by atoms with Gasteiger partial charge in [-0.15, -0.1) is 0 Å². The van der Waals surface area contributed by atoms with Crippen LogP contribution in [0.1, 0.15) is 72.9 Å². The zero-order chi connectivity index (χ0) is 25.4. The van der Waals surface area contributed by atoms with E-state index >= 15 is 0 Å². The maximum Gasteiger partial charge on any atom is 0.317 e. The molecule has 2 aromatic rings. The number of carbonyl (C=O) groups excluding carboxylic acids is 2. The molecule has 0 aromatic heterocycles. The first-order valence-corrected chi connectivity index (χ1v) is 12.1. The van der Waals surface area contributed by atoms with Crippen molar-refractivity contribution in [1.29, 1.82) is 0 Å². The van der Waals surface area contributed by atoms with Crippen molar-refractivity contribution in [2.24, 2.45) is 5.92 Å². The molecule has 0 radical (unpaired) electrons. The summed E-state index contributed by atoms with van der Waals surface area (Å²) < 4.78 is 17.2. The Bertz CT molecular complexity index is 1020. The summed E-state index contributed by atoms with van der Waals surface area (Å²) in [5.41, 5.74) is 1.70. The van der Waals surface area contributed by atoms with E-state index in [1.165, 1.54) is 7.11 Å². The van der Waals surface area contributed by atoms with Crippen LogP contribution in [-0.2, 0) is 35.6 Å². The Morgan fingerprint density at radius 1 is 1.03 bits per heavy atom. The van der Waals surface area contributed by atoms with E-state index in [2.05, 4.69) is 0 Å². The van der Waals surface area contributed by atoms with Crippen LogP contribution in [0.3, 0.4) is 0 Å². The largest absolute Gasteiger partial charge is 0.481 e. The molecular formula is C28H34O7. The average Bonchev–Trinajstić information content (AvgIpc) is 3.37. The molecule has 7 heteroatoms. The molecule has 1 aliphatic carbocycles. The number of ketones is 1. The quantitative estimate of drug-likeness (QED) is 0.262. The van der Waals surface area contributed by atoms with E-state index in [9.17, 15) is 19.5 Å². The second-order valence-electron chi connectivity index (χ2n) is 9.00. The fraction of sp³-hybridized carbons (Fsp3) is 0.464. The third-order valence-electron chi connectivity index (χ3n) is 6.71. The number of hydrogen-bond donors (Lipinski definition) is 1. The highest BCUT2D eigenvalue weighted by atomic mass is 16.7. The third kappa shape index (κ3) is 5.97. The van der Waals surface area contributed by atoms with Gasteiger partial charge >= 0.3 is 11.9 Å². The standard InChI is InChI=1S/C28H34O7/c1-4-34-26(33-3)24-21(17-19(2)25(30)31)13-10-14-22(24)28(15-8-9-16-28)27(32)35-18-23(29)20-11-6-5-7-12-20/h5-7,10-14,19,26H,4,8-9,15-18H2,1-3H3,(H,30,31). The Kier molecular flexibility index (Phi) is 9.18. The molecule has 2 atom stereocenters. The number of carbonyl (C=O) groups is 3. The number of methoxy groups -OCH3 is 1. The average molecular weight is 483 g/mol. The zero-order valence-electron chi connectivity index (χ0n) is 20.6. The SMILES string of the molecule is CCOC(OC)c1c(CC(C)C(=O)O)cccc1C1(C(=O)OCC(=O)c2ccccc2)CCCC1. The first-order valence-electron chi connectivity index (χ1n) is 12.1. The summed E-state index contributed by atoms with van der Waals surface area (Å²) in [6.07, 6.45) is 2.32. The number of esters is 1. The fourth-order valence-electron chi connectivity index (χ4n) is 4.86. The monoisotopic (exact) mass is 482 g/mol. The Morgan fingerprint density at radius 2 is 1.71 bits per heavy atom. The van der Waals surface area contributed by atoms with Crippen LogP contribution in [0.2, 0.25) is 0 Å². The molecule has 0 bridgehead atoms. The van der Waals surface area contributed by atoms with E-state index in [-0.39, 0.29) is 18.8 Å². The van der Waals surface area contributed by atoms with E-state index in [0.29, 0.717) is 30.6 Å². The van der Waals surface area contributed by atoms with Crippen LogP contribution in [0, 0.1) is 5.92 Å². The second-order valence-corrected chi connectivity index (χ2v) is 9.00. The number of rotatable bonds is 12. The van der Waals surface area contributed by atoms with Crippen LogP contribution >= 0.6 is 0 Å².